The number of nitrogens with zero attached hydrogens (tertiary/aromatic N) is 1. The van der Waals surface area contributed by atoms with Crippen molar-refractivity contribution < 1.29 is 14.7 Å². The molecular formula is C11H20N2O3. The number of carboxylic acid groups (broad SMARTS) is 1. The Morgan fingerprint density at radius 2 is 2.19 bits per heavy atom. The van der Waals surface area contributed by atoms with Gasteiger partial charge < -0.3 is 15.3 Å². The lowest BCUT2D eigenvalue weighted by Gasteiger charge is -2.39. The van der Waals surface area contributed by atoms with Gasteiger partial charge in [0, 0.05) is 20.1 Å². The topological polar surface area (TPSA) is 69.6 Å². The second-order valence-corrected chi connectivity index (χ2v) is 4.42. The minimum atomic E-state index is -0.775. The summed E-state index contributed by atoms with van der Waals surface area (Å²) in [4.78, 5) is 24.5. The number of rotatable bonds is 3. The van der Waals surface area contributed by atoms with Crippen molar-refractivity contribution in [3.8, 4) is 0 Å². The van der Waals surface area contributed by atoms with Crippen LogP contribution in [0.5, 0.6) is 0 Å². The molecule has 1 unspecified atom stereocenters. The molecule has 16 heavy (non-hydrogen) atoms. The van der Waals surface area contributed by atoms with E-state index in [1.165, 1.54) is 0 Å². The molecule has 1 saturated heterocycles. The molecular weight excluding hydrogens is 208 g/mol. The molecule has 0 spiro atoms. The van der Waals surface area contributed by atoms with Crippen molar-refractivity contribution in [2.24, 2.45) is 5.41 Å². The van der Waals surface area contributed by atoms with Crippen molar-refractivity contribution in [2.45, 2.75) is 32.6 Å². The lowest BCUT2D eigenvalue weighted by molar-refractivity contribution is -0.152. The van der Waals surface area contributed by atoms with Gasteiger partial charge in [0.15, 0.2) is 0 Å². The number of urea groups is 1. The maximum absolute atomic E-state index is 11.5. The Kier molecular flexibility index (Phi) is 4.15. The Bertz CT molecular complexity index is 276. The molecule has 1 heterocycles. The van der Waals surface area contributed by atoms with E-state index in [-0.39, 0.29) is 6.03 Å². The van der Waals surface area contributed by atoms with Gasteiger partial charge in [-0.2, -0.15) is 0 Å². The van der Waals surface area contributed by atoms with Crippen LogP contribution in [0.15, 0.2) is 0 Å². The molecule has 0 saturated carbocycles. The number of piperidine rings is 1. The fraction of sp³-hybridized carbons (Fsp3) is 0.818. The van der Waals surface area contributed by atoms with Crippen LogP contribution >= 0.6 is 0 Å². The van der Waals surface area contributed by atoms with Gasteiger partial charge >= 0.3 is 12.0 Å². The smallest absolute Gasteiger partial charge is 0.317 e. The molecule has 1 aliphatic rings. The number of likely N-dealkylation sites (tertiary alicyclic amines) is 1. The van der Waals surface area contributed by atoms with Gasteiger partial charge in [-0.3, -0.25) is 4.79 Å². The highest BCUT2D eigenvalue weighted by atomic mass is 16.4. The second-order valence-electron chi connectivity index (χ2n) is 4.42. The minimum Gasteiger partial charge on any atom is -0.481 e. The van der Waals surface area contributed by atoms with E-state index >= 15 is 0 Å². The number of carbonyl (C=O) groups excluding carboxylic acids is 1. The van der Waals surface area contributed by atoms with Crippen LogP contribution in [0.3, 0.4) is 0 Å². The van der Waals surface area contributed by atoms with E-state index in [9.17, 15) is 14.7 Å². The fourth-order valence-electron chi connectivity index (χ4n) is 2.43. The summed E-state index contributed by atoms with van der Waals surface area (Å²) >= 11 is 0. The second kappa shape index (κ2) is 5.18. The Labute approximate surface area is 95.8 Å². The molecule has 1 fully saturated rings. The molecule has 0 aromatic carbocycles. The zero-order valence-corrected chi connectivity index (χ0v) is 9.95. The summed E-state index contributed by atoms with van der Waals surface area (Å²) in [6.45, 7) is 2.96. The van der Waals surface area contributed by atoms with Gasteiger partial charge in [-0.25, -0.2) is 4.79 Å². The van der Waals surface area contributed by atoms with E-state index in [2.05, 4.69) is 5.32 Å². The monoisotopic (exact) mass is 228 g/mol. The summed E-state index contributed by atoms with van der Waals surface area (Å²) in [5.41, 5.74) is -0.737. The van der Waals surface area contributed by atoms with E-state index in [0.717, 1.165) is 12.8 Å². The number of nitrogens with one attached hydrogen (secondary N) is 1. The molecule has 1 aliphatic heterocycles. The van der Waals surface area contributed by atoms with Crippen LogP contribution in [0.4, 0.5) is 4.79 Å². The molecule has 0 bridgehead atoms. The van der Waals surface area contributed by atoms with Crippen molar-refractivity contribution in [3.63, 3.8) is 0 Å². The number of aliphatic carboxylic acids is 1. The highest BCUT2D eigenvalue weighted by molar-refractivity contribution is 5.78. The van der Waals surface area contributed by atoms with E-state index in [4.69, 9.17) is 0 Å². The Morgan fingerprint density at radius 1 is 1.50 bits per heavy atom. The van der Waals surface area contributed by atoms with E-state index in [1.54, 1.807) is 11.9 Å². The quantitative estimate of drug-likeness (QED) is 0.764. The van der Waals surface area contributed by atoms with Crippen LogP contribution in [-0.2, 0) is 4.79 Å². The van der Waals surface area contributed by atoms with Crippen molar-refractivity contribution in [1.29, 1.82) is 0 Å². The van der Waals surface area contributed by atoms with Crippen molar-refractivity contribution >= 4 is 12.0 Å². The molecule has 1 atom stereocenters. The summed E-state index contributed by atoms with van der Waals surface area (Å²) in [7, 11) is 1.57. The minimum absolute atomic E-state index is 0.179. The molecule has 0 aromatic rings. The van der Waals surface area contributed by atoms with Crippen LogP contribution in [-0.4, -0.2) is 42.1 Å². The summed E-state index contributed by atoms with van der Waals surface area (Å²) in [6, 6.07) is -0.179. The predicted molar refractivity (Wildman–Crippen MR) is 60.2 cm³/mol. The largest absolute Gasteiger partial charge is 0.481 e. The molecule has 1 rings (SSSR count). The molecule has 92 valence electrons. The van der Waals surface area contributed by atoms with Gasteiger partial charge in [-0.05, 0) is 19.3 Å². The average molecular weight is 228 g/mol. The highest BCUT2D eigenvalue weighted by Crippen LogP contribution is 2.34. The summed E-state index contributed by atoms with van der Waals surface area (Å²) < 4.78 is 0. The summed E-state index contributed by atoms with van der Waals surface area (Å²) in [6.07, 6.45) is 2.90. The number of carbonyl (C=O) groups is 2. The first kappa shape index (κ1) is 12.8. The van der Waals surface area contributed by atoms with Gasteiger partial charge in [0.2, 0.25) is 0 Å². The predicted octanol–water partition coefficient (Wildman–Crippen LogP) is 1.29. The lowest BCUT2D eigenvalue weighted by Crippen LogP contribution is -2.52. The van der Waals surface area contributed by atoms with Crippen LogP contribution in [0.25, 0.3) is 0 Å². The Hall–Kier alpha value is -1.26. The van der Waals surface area contributed by atoms with Gasteiger partial charge in [-0.1, -0.05) is 13.3 Å². The van der Waals surface area contributed by atoms with Crippen LogP contribution < -0.4 is 5.32 Å². The third-order valence-corrected chi connectivity index (χ3v) is 3.26. The zero-order valence-electron chi connectivity index (χ0n) is 9.95. The molecule has 5 nitrogen and oxygen atoms in total. The first-order valence-electron chi connectivity index (χ1n) is 5.76. The van der Waals surface area contributed by atoms with E-state index < -0.39 is 11.4 Å². The standard InChI is InChI=1S/C11H20N2O3/c1-3-5-11(9(14)15)6-4-7-13(8-11)10(16)12-2/h3-8H2,1-2H3,(H,12,16)(H,14,15). The summed E-state index contributed by atoms with van der Waals surface area (Å²) in [5, 5.41) is 11.9. The summed E-state index contributed by atoms with van der Waals surface area (Å²) in [5.74, 6) is -0.775. The first-order valence-corrected chi connectivity index (χ1v) is 5.76. The van der Waals surface area contributed by atoms with E-state index in [0.29, 0.717) is 25.9 Å². The van der Waals surface area contributed by atoms with Crippen LogP contribution in [0, 0.1) is 5.41 Å². The molecule has 0 aromatic heterocycles. The Morgan fingerprint density at radius 3 is 2.69 bits per heavy atom. The molecule has 2 amide bonds. The highest BCUT2D eigenvalue weighted by Gasteiger charge is 2.42. The van der Waals surface area contributed by atoms with Crippen molar-refractivity contribution in [3.05, 3.63) is 0 Å². The average Bonchev–Trinajstić information content (AvgIpc) is 2.28. The van der Waals surface area contributed by atoms with Crippen LogP contribution in [0.1, 0.15) is 32.6 Å². The fourth-order valence-corrected chi connectivity index (χ4v) is 2.43. The van der Waals surface area contributed by atoms with Crippen molar-refractivity contribution in [1.82, 2.24) is 10.2 Å². The lowest BCUT2D eigenvalue weighted by atomic mass is 9.76. The maximum Gasteiger partial charge on any atom is 0.317 e. The number of hydrogen-bond acceptors (Lipinski definition) is 2. The third kappa shape index (κ3) is 2.46. The van der Waals surface area contributed by atoms with Gasteiger partial charge in [0.05, 0.1) is 5.41 Å². The number of carboxylic acids is 1. The normalized spacial score (nSPS) is 25.2. The molecule has 0 aliphatic carbocycles. The molecule has 0 radical (unpaired) electrons. The Balaban J connectivity index is 2.79. The first-order chi connectivity index (χ1) is 7.55. The zero-order chi connectivity index (χ0) is 12.2. The van der Waals surface area contributed by atoms with Gasteiger partial charge in [0.25, 0.3) is 0 Å². The maximum atomic E-state index is 11.5. The van der Waals surface area contributed by atoms with Crippen molar-refractivity contribution in [2.75, 3.05) is 20.1 Å². The molecule has 2 N–H and O–H groups in total. The number of hydrogen-bond donors (Lipinski definition) is 2. The number of amides is 2. The van der Waals surface area contributed by atoms with Gasteiger partial charge in [0.1, 0.15) is 0 Å². The van der Waals surface area contributed by atoms with Gasteiger partial charge in [-0.15, -0.1) is 0 Å². The molecule has 5 heteroatoms. The van der Waals surface area contributed by atoms with Crippen LogP contribution in [0.2, 0.25) is 0 Å². The SMILES string of the molecule is CCCC1(C(=O)O)CCCN(C(=O)NC)C1. The van der Waals surface area contributed by atoms with E-state index in [1.807, 2.05) is 6.92 Å². The third-order valence-electron chi connectivity index (χ3n) is 3.26.